The Kier molecular flexibility index (Phi) is 5.11. The van der Waals surface area contributed by atoms with Gasteiger partial charge in [-0.2, -0.15) is 0 Å². The Hall–Kier alpha value is -1.60. The van der Waals surface area contributed by atoms with Crippen molar-refractivity contribution in [2.75, 3.05) is 20.3 Å². The number of nitrogens with one attached hydrogen (secondary N) is 1. The summed E-state index contributed by atoms with van der Waals surface area (Å²) in [6.07, 6.45) is 0. The topological polar surface area (TPSA) is 64.3 Å². The Balaban J connectivity index is 2.87. The summed E-state index contributed by atoms with van der Waals surface area (Å²) in [5.74, 6) is -5.44. The van der Waals surface area contributed by atoms with Crippen LogP contribution in [-0.2, 0) is 4.74 Å². The summed E-state index contributed by atoms with van der Waals surface area (Å²) < 4.78 is 43.7. The Morgan fingerprint density at radius 3 is 2.61 bits per heavy atom. The number of rotatable bonds is 5. The van der Waals surface area contributed by atoms with Crippen LogP contribution in [0.1, 0.15) is 10.4 Å². The van der Waals surface area contributed by atoms with E-state index < -0.39 is 35.0 Å². The van der Waals surface area contributed by atoms with Crippen LogP contribution in [0.15, 0.2) is 12.1 Å². The molecule has 0 saturated heterocycles. The first-order valence-corrected chi connectivity index (χ1v) is 5.14. The second-order valence-electron chi connectivity index (χ2n) is 3.58. The Morgan fingerprint density at radius 1 is 1.39 bits per heavy atom. The molecule has 0 spiro atoms. The van der Waals surface area contributed by atoms with Crippen LogP contribution in [0.3, 0.4) is 0 Å². The van der Waals surface area contributed by atoms with Crippen LogP contribution in [-0.4, -0.2) is 32.2 Å². The molecule has 0 radical (unpaired) electrons. The van der Waals surface area contributed by atoms with Gasteiger partial charge in [-0.05, 0) is 12.1 Å². The van der Waals surface area contributed by atoms with Gasteiger partial charge in [0.1, 0.15) is 0 Å². The molecule has 18 heavy (non-hydrogen) atoms. The summed E-state index contributed by atoms with van der Waals surface area (Å²) in [7, 11) is 1.41. The van der Waals surface area contributed by atoms with Crippen LogP contribution in [0, 0.1) is 17.5 Å². The second-order valence-corrected chi connectivity index (χ2v) is 3.58. The van der Waals surface area contributed by atoms with Crippen molar-refractivity contribution in [1.82, 2.24) is 5.32 Å². The van der Waals surface area contributed by atoms with Crippen LogP contribution in [0.2, 0.25) is 0 Å². The van der Waals surface area contributed by atoms with Gasteiger partial charge in [0.05, 0.1) is 18.2 Å². The molecule has 1 atom stereocenters. The quantitative estimate of drug-likeness (QED) is 0.772. The van der Waals surface area contributed by atoms with E-state index in [-0.39, 0.29) is 13.2 Å². The van der Waals surface area contributed by atoms with Crippen molar-refractivity contribution in [2.24, 2.45) is 5.73 Å². The summed E-state index contributed by atoms with van der Waals surface area (Å²) in [5.41, 5.74) is 4.77. The molecule has 0 heterocycles. The molecular formula is C11H13F3N2O2. The normalized spacial score (nSPS) is 12.3. The smallest absolute Gasteiger partial charge is 0.254 e. The molecule has 1 amide bonds. The van der Waals surface area contributed by atoms with Gasteiger partial charge in [0.2, 0.25) is 0 Å². The Labute approximate surface area is 102 Å². The predicted molar refractivity (Wildman–Crippen MR) is 58.5 cm³/mol. The standard InChI is InChI=1S/C11H13F3N2O2/c1-18-5-6(4-15)16-11(17)7-2-3-8(12)10(14)9(7)13/h2-3,6H,4-5,15H2,1H3,(H,16,17). The molecule has 0 aliphatic carbocycles. The SMILES string of the molecule is COCC(CN)NC(=O)c1ccc(F)c(F)c1F. The fourth-order valence-electron chi connectivity index (χ4n) is 1.33. The van der Waals surface area contributed by atoms with Gasteiger partial charge in [0.15, 0.2) is 17.5 Å². The highest BCUT2D eigenvalue weighted by atomic mass is 19.2. The molecular weight excluding hydrogens is 249 g/mol. The molecule has 0 saturated carbocycles. The van der Waals surface area contributed by atoms with Crippen LogP contribution in [0.5, 0.6) is 0 Å². The molecule has 1 unspecified atom stereocenters. The van der Waals surface area contributed by atoms with Gasteiger partial charge < -0.3 is 15.8 Å². The van der Waals surface area contributed by atoms with Crippen molar-refractivity contribution in [2.45, 2.75) is 6.04 Å². The van der Waals surface area contributed by atoms with E-state index in [0.29, 0.717) is 6.07 Å². The van der Waals surface area contributed by atoms with Crippen molar-refractivity contribution in [3.8, 4) is 0 Å². The van der Waals surface area contributed by atoms with Crippen LogP contribution in [0.4, 0.5) is 13.2 Å². The third-order valence-corrected chi connectivity index (χ3v) is 2.27. The van der Waals surface area contributed by atoms with Gasteiger partial charge in [0, 0.05) is 13.7 Å². The maximum Gasteiger partial charge on any atom is 0.254 e. The Bertz CT molecular complexity index is 441. The minimum Gasteiger partial charge on any atom is -0.383 e. The first-order valence-electron chi connectivity index (χ1n) is 5.14. The van der Waals surface area contributed by atoms with Crippen LogP contribution < -0.4 is 11.1 Å². The molecule has 0 aliphatic rings. The Morgan fingerprint density at radius 2 is 2.06 bits per heavy atom. The molecule has 7 heteroatoms. The van der Waals surface area contributed by atoms with Crippen molar-refractivity contribution in [3.63, 3.8) is 0 Å². The number of ether oxygens (including phenoxy) is 1. The van der Waals surface area contributed by atoms with E-state index >= 15 is 0 Å². The van der Waals surface area contributed by atoms with Gasteiger partial charge in [-0.1, -0.05) is 0 Å². The van der Waals surface area contributed by atoms with E-state index in [1.807, 2.05) is 0 Å². The number of hydrogen-bond donors (Lipinski definition) is 2. The fraction of sp³-hybridized carbons (Fsp3) is 0.364. The summed E-state index contributed by atoms with van der Waals surface area (Å²) in [6, 6.07) is 1.01. The molecule has 0 aromatic heterocycles. The molecule has 0 bridgehead atoms. The lowest BCUT2D eigenvalue weighted by atomic mass is 10.1. The zero-order valence-electron chi connectivity index (χ0n) is 9.67. The first kappa shape index (κ1) is 14.5. The molecule has 1 rings (SSSR count). The number of benzene rings is 1. The highest BCUT2D eigenvalue weighted by Crippen LogP contribution is 2.15. The summed E-state index contributed by atoms with van der Waals surface area (Å²) in [5, 5.41) is 2.35. The molecule has 1 aromatic rings. The minimum atomic E-state index is -1.68. The lowest BCUT2D eigenvalue weighted by Gasteiger charge is -2.16. The predicted octanol–water partition coefficient (Wildman–Crippen LogP) is 0.807. The van der Waals surface area contributed by atoms with Crippen molar-refractivity contribution >= 4 is 5.91 Å². The number of carbonyl (C=O) groups excluding carboxylic acids is 1. The van der Waals surface area contributed by atoms with E-state index in [4.69, 9.17) is 10.5 Å². The summed E-state index contributed by atoms with van der Waals surface area (Å²) >= 11 is 0. The number of halogens is 3. The van der Waals surface area contributed by atoms with E-state index in [1.165, 1.54) is 7.11 Å². The lowest BCUT2D eigenvalue weighted by Crippen LogP contribution is -2.43. The highest BCUT2D eigenvalue weighted by Gasteiger charge is 2.20. The zero-order chi connectivity index (χ0) is 13.7. The fourth-order valence-corrected chi connectivity index (χ4v) is 1.33. The van der Waals surface area contributed by atoms with Crippen LogP contribution in [0.25, 0.3) is 0 Å². The van der Waals surface area contributed by atoms with Crippen molar-refractivity contribution in [3.05, 3.63) is 35.1 Å². The van der Waals surface area contributed by atoms with E-state index in [9.17, 15) is 18.0 Å². The van der Waals surface area contributed by atoms with Gasteiger partial charge in [-0.15, -0.1) is 0 Å². The van der Waals surface area contributed by atoms with Gasteiger partial charge >= 0.3 is 0 Å². The molecule has 4 nitrogen and oxygen atoms in total. The van der Waals surface area contributed by atoms with Gasteiger partial charge in [-0.25, -0.2) is 13.2 Å². The lowest BCUT2D eigenvalue weighted by molar-refractivity contribution is 0.0895. The first-order chi connectivity index (χ1) is 8.51. The number of nitrogens with two attached hydrogens (primary N) is 1. The van der Waals surface area contributed by atoms with E-state index in [2.05, 4.69) is 5.32 Å². The summed E-state index contributed by atoms with van der Waals surface area (Å²) in [6.45, 7) is 0.207. The molecule has 0 fully saturated rings. The second kappa shape index (κ2) is 6.36. The molecule has 3 N–H and O–H groups in total. The molecule has 100 valence electrons. The third kappa shape index (κ3) is 3.21. The highest BCUT2D eigenvalue weighted by molar-refractivity contribution is 5.94. The van der Waals surface area contributed by atoms with Crippen molar-refractivity contribution < 1.29 is 22.7 Å². The minimum absolute atomic E-state index is 0.0743. The number of methoxy groups -OCH3 is 1. The molecule has 0 aliphatic heterocycles. The average Bonchev–Trinajstić information content (AvgIpc) is 2.35. The van der Waals surface area contributed by atoms with Crippen molar-refractivity contribution in [1.29, 1.82) is 0 Å². The maximum absolute atomic E-state index is 13.3. The number of hydrogen-bond acceptors (Lipinski definition) is 3. The largest absolute Gasteiger partial charge is 0.383 e. The third-order valence-electron chi connectivity index (χ3n) is 2.27. The average molecular weight is 262 g/mol. The zero-order valence-corrected chi connectivity index (χ0v) is 9.67. The van der Waals surface area contributed by atoms with Gasteiger partial charge in [-0.3, -0.25) is 4.79 Å². The molecule has 1 aromatic carbocycles. The summed E-state index contributed by atoms with van der Waals surface area (Å²) in [4.78, 5) is 11.6. The van der Waals surface area contributed by atoms with Gasteiger partial charge in [0.25, 0.3) is 5.91 Å². The maximum atomic E-state index is 13.3. The number of amides is 1. The monoisotopic (exact) mass is 262 g/mol. The van der Waals surface area contributed by atoms with E-state index in [0.717, 1.165) is 6.07 Å². The van der Waals surface area contributed by atoms with E-state index in [1.54, 1.807) is 0 Å². The number of carbonyl (C=O) groups is 1. The van der Waals surface area contributed by atoms with Crippen LogP contribution >= 0.6 is 0 Å².